The van der Waals surface area contributed by atoms with Crippen molar-refractivity contribution in [3.05, 3.63) is 65.5 Å². The number of sulfonamides is 1. The molecule has 0 spiro atoms. The normalized spacial score (nSPS) is 21.7. The molecule has 144 valence electrons. The van der Waals surface area contributed by atoms with Gasteiger partial charge in [-0.25, -0.2) is 12.8 Å². The molecule has 2 aliphatic rings. The van der Waals surface area contributed by atoms with Crippen LogP contribution in [0.25, 0.3) is 0 Å². The Labute approximate surface area is 159 Å². The molecule has 1 N–H and O–H groups in total. The molecule has 2 aliphatic heterocycles. The summed E-state index contributed by atoms with van der Waals surface area (Å²) in [7, 11) is -3.43. The molecule has 0 radical (unpaired) electrons. The van der Waals surface area contributed by atoms with Crippen molar-refractivity contribution in [1.82, 2.24) is 14.5 Å². The van der Waals surface area contributed by atoms with Gasteiger partial charge < -0.3 is 5.32 Å². The lowest BCUT2D eigenvalue weighted by atomic mass is 9.93. The second-order valence-electron chi connectivity index (χ2n) is 7.08. The van der Waals surface area contributed by atoms with Crippen LogP contribution in [0.4, 0.5) is 4.39 Å². The zero-order valence-electron chi connectivity index (χ0n) is 15.1. The molecule has 2 heterocycles. The van der Waals surface area contributed by atoms with E-state index >= 15 is 0 Å². The van der Waals surface area contributed by atoms with Crippen molar-refractivity contribution in [1.29, 1.82) is 0 Å². The Bertz CT molecular complexity index is 897. The molecule has 5 nitrogen and oxygen atoms in total. The average molecular weight is 389 g/mol. The topological polar surface area (TPSA) is 52.7 Å². The second kappa shape index (κ2) is 7.67. The largest absolute Gasteiger partial charge is 0.309 e. The fourth-order valence-electron chi connectivity index (χ4n) is 3.96. The highest BCUT2D eigenvalue weighted by Gasteiger charge is 2.30. The first-order valence-electron chi connectivity index (χ1n) is 9.34. The van der Waals surface area contributed by atoms with Gasteiger partial charge >= 0.3 is 0 Å². The smallest absolute Gasteiger partial charge is 0.243 e. The Kier molecular flexibility index (Phi) is 5.27. The van der Waals surface area contributed by atoms with Crippen LogP contribution in [0.1, 0.15) is 17.2 Å². The van der Waals surface area contributed by atoms with Gasteiger partial charge in [-0.2, -0.15) is 4.31 Å². The molecule has 7 heteroatoms. The molecule has 0 saturated carbocycles. The third-order valence-corrected chi connectivity index (χ3v) is 7.36. The van der Waals surface area contributed by atoms with Crippen LogP contribution in [0.2, 0.25) is 0 Å². The summed E-state index contributed by atoms with van der Waals surface area (Å²) in [5.74, 6) is -0.127. The minimum Gasteiger partial charge on any atom is -0.309 e. The maximum atomic E-state index is 14.1. The minimum atomic E-state index is -3.43. The Balaban J connectivity index is 1.41. The Morgan fingerprint density at radius 1 is 1.00 bits per heavy atom. The quantitative estimate of drug-likeness (QED) is 0.869. The summed E-state index contributed by atoms with van der Waals surface area (Å²) in [6.07, 6.45) is 0.710. The number of rotatable bonds is 4. The predicted octanol–water partition coefficient (Wildman–Crippen LogP) is 2.02. The van der Waals surface area contributed by atoms with Gasteiger partial charge in [0.2, 0.25) is 10.0 Å². The molecular weight excluding hydrogens is 365 g/mol. The van der Waals surface area contributed by atoms with Crippen LogP contribution in [0, 0.1) is 5.82 Å². The van der Waals surface area contributed by atoms with Crippen molar-refractivity contribution in [2.75, 3.05) is 39.3 Å². The average Bonchev–Trinajstić information content (AvgIpc) is 2.70. The van der Waals surface area contributed by atoms with Gasteiger partial charge in [-0.05, 0) is 42.3 Å². The molecule has 0 aliphatic carbocycles. The first-order chi connectivity index (χ1) is 13.1. The van der Waals surface area contributed by atoms with Crippen molar-refractivity contribution >= 4 is 10.0 Å². The molecule has 2 aromatic carbocycles. The van der Waals surface area contributed by atoms with E-state index in [1.165, 1.54) is 6.07 Å². The monoisotopic (exact) mass is 389 g/mol. The van der Waals surface area contributed by atoms with E-state index in [1.54, 1.807) is 34.6 Å². The number of benzene rings is 2. The second-order valence-corrected chi connectivity index (χ2v) is 9.02. The molecule has 2 aromatic rings. The molecule has 1 atom stereocenters. The van der Waals surface area contributed by atoms with Gasteiger partial charge in [-0.3, -0.25) is 4.90 Å². The summed E-state index contributed by atoms with van der Waals surface area (Å²) in [5, 5.41) is 3.48. The lowest BCUT2D eigenvalue weighted by Crippen LogP contribution is -2.51. The van der Waals surface area contributed by atoms with E-state index in [0.717, 1.165) is 24.2 Å². The van der Waals surface area contributed by atoms with Crippen molar-refractivity contribution in [2.45, 2.75) is 17.4 Å². The van der Waals surface area contributed by atoms with Crippen molar-refractivity contribution in [2.24, 2.45) is 0 Å². The zero-order valence-corrected chi connectivity index (χ0v) is 16.0. The predicted molar refractivity (Wildman–Crippen MR) is 102 cm³/mol. The number of nitrogens with zero attached hydrogens (tertiary/aromatic N) is 2. The molecule has 0 unspecified atom stereocenters. The van der Waals surface area contributed by atoms with Crippen LogP contribution in [-0.2, 0) is 16.4 Å². The van der Waals surface area contributed by atoms with E-state index in [1.807, 2.05) is 12.1 Å². The van der Waals surface area contributed by atoms with E-state index in [4.69, 9.17) is 0 Å². The van der Waals surface area contributed by atoms with Gasteiger partial charge in [-0.1, -0.05) is 30.3 Å². The van der Waals surface area contributed by atoms with Crippen molar-refractivity contribution in [3.63, 3.8) is 0 Å². The highest BCUT2D eigenvalue weighted by atomic mass is 32.2. The SMILES string of the molecule is O=S(=O)(c1ccccc1)N1CCN(C[C@H]2NCCc3c(F)cccc32)CC1. The van der Waals surface area contributed by atoms with Gasteiger partial charge in [0.05, 0.1) is 4.90 Å². The van der Waals surface area contributed by atoms with Gasteiger partial charge in [-0.15, -0.1) is 0 Å². The standard InChI is InChI=1S/C20H24FN3O2S/c21-19-8-4-7-18-17(19)9-10-22-20(18)15-23-11-13-24(14-12-23)27(25,26)16-5-2-1-3-6-16/h1-8,20,22H,9-15H2/t20-/m1/s1. The summed E-state index contributed by atoms with van der Waals surface area (Å²) < 4.78 is 41.1. The minimum absolute atomic E-state index is 0.0849. The van der Waals surface area contributed by atoms with E-state index < -0.39 is 10.0 Å². The van der Waals surface area contributed by atoms with E-state index in [2.05, 4.69) is 10.2 Å². The summed E-state index contributed by atoms with van der Waals surface area (Å²) >= 11 is 0. The van der Waals surface area contributed by atoms with Gasteiger partial charge in [0, 0.05) is 38.8 Å². The maximum absolute atomic E-state index is 14.1. The summed E-state index contributed by atoms with van der Waals surface area (Å²) in [6, 6.07) is 13.9. The molecule has 0 bridgehead atoms. The highest BCUT2D eigenvalue weighted by molar-refractivity contribution is 7.89. The first kappa shape index (κ1) is 18.6. The molecule has 0 aromatic heterocycles. The van der Waals surface area contributed by atoms with E-state index in [0.29, 0.717) is 37.5 Å². The van der Waals surface area contributed by atoms with Gasteiger partial charge in [0.1, 0.15) is 5.82 Å². The lowest BCUT2D eigenvalue weighted by molar-refractivity contribution is 0.170. The molecular formula is C20H24FN3O2S. The summed E-state index contributed by atoms with van der Waals surface area (Å²) in [6.45, 7) is 3.82. The van der Waals surface area contributed by atoms with Crippen LogP contribution >= 0.6 is 0 Å². The fourth-order valence-corrected chi connectivity index (χ4v) is 5.41. The first-order valence-corrected chi connectivity index (χ1v) is 10.8. The van der Waals surface area contributed by atoms with Crippen LogP contribution < -0.4 is 5.32 Å². The maximum Gasteiger partial charge on any atom is 0.243 e. The molecule has 1 fully saturated rings. The third-order valence-electron chi connectivity index (χ3n) is 5.45. The van der Waals surface area contributed by atoms with Gasteiger partial charge in [0.25, 0.3) is 0 Å². The van der Waals surface area contributed by atoms with Crippen LogP contribution in [0.15, 0.2) is 53.4 Å². The number of fused-ring (bicyclic) bond motifs is 1. The molecule has 27 heavy (non-hydrogen) atoms. The number of hydrogen-bond donors (Lipinski definition) is 1. The third kappa shape index (κ3) is 3.78. The number of nitrogens with one attached hydrogen (secondary N) is 1. The Morgan fingerprint density at radius 2 is 1.74 bits per heavy atom. The number of hydrogen-bond acceptors (Lipinski definition) is 4. The van der Waals surface area contributed by atoms with E-state index in [9.17, 15) is 12.8 Å². The Morgan fingerprint density at radius 3 is 2.48 bits per heavy atom. The zero-order chi connectivity index (χ0) is 18.9. The van der Waals surface area contributed by atoms with Crippen LogP contribution in [0.5, 0.6) is 0 Å². The van der Waals surface area contributed by atoms with Gasteiger partial charge in [0.15, 0.2) is 0 Å². The summed E-state index contributed by atoms with van der Waals surface area (Å²) in [5.41, 5.74) is 1.84. The van der Waals surface area contributed by atoms with Crippen molar-refractivity contribution in [3.8, 4) is 0 Å². The highest BCUT2D eigenvalue weighted by Crippen LogP contribution is 2.26. The molecule has 0 amide bonds. The number of piperazine rings is 1. The molecule has 1 saturated heterocycles. The lowest BCUT2D eigenvalue weighted by Gasteiger charge is -2.37. The van der Waals surface area contributed by atoms with Crippen LogP contribution in [-0.4, -0.2) is 56.9 Å². The van der Waals surface area contributed by atoms with Crippen molar-refractivity contribution < 1.29 is 12.8 Å². The van der Waals surface area contributed by atoms with Crippen LogP contribution in [0.3, 0.4) is 0 Å². The Hall–Kier alpha value is -1.80. The van der Waals surface area contributed by atoms with E-state index in [-0.39, 0.29) is 11.9 Å². The number of halogens is 1. The summed E-state index contributed by atoms with van der Waals surface area (Å²) in [4.78, 5) is 2.60. The molecule has 4 rings (SSSR count). The fraction of sp³-hybridized carbons (Fsp3) is 0.400.